The van der Waals surface area contributed by atoms with Crippen LogP contribution in [-0.4, -0.2) is 38.1 Å². The highest BCUT2D eigenvalue weighted by molar-refractivity contribution is 7.89. The smallest absolute Gasteiger partial charge is 0.254 e. The maximum absolute atomic E-state index is 12.9. The Kier molecular flexibility index (Phi) is 8.46. The molecule has 24 heavy (non-hydrogen) atoms. The van der Waals surface area contributed by atoms with Gasteiger partial charge in [-0.25, -0.2) is 8.42 Å². The predicted octanol–water partition coefficient (Wildman–Crippen LogP) is 4.05. The van der Waals surface area contributed by atoms with Crippen LogP contribution in [0, 0.1) is 0 Å². The first kappa shape index (κ1) is 20.7. The van der Waals surface area contributed by atoms with E-state index in [1.807, 2.05) is 4.90 Å². The summed E-state index contributed by atoms with van der Waals surface area (Å²) < 4.78 is 23.0. The lowest BCUT2D eigenvalue weighted by Crippen LogP contribution is -2.39. The molecule has 1 unspecified atom stereocenters. The highest BCUT2D eigenvalue weighted by Gasteiger charge is 2.21. The number of unbranched alkanes of at least 4 members (excludes halogenated alkanes) is 2. The number of carbonyl (C=O) groups excluding carboxylic acids is 1. The Morgan fingerprint density at radius 3 is 2.46 bits per heavy atom. The Hall–Kier alpha value is -1.36. The Labute approximate surface area is 147 Å². The first-order valence-electron chi connectivity index (χ1n) is 8.86. The quantitative estimate of drug-likeness (QED) is 0.596. The van der Waals surface area contributed by atoms with Gasteiger partial charge in [-0.05, 0) is 37.5 Å². The summed E-state index contributed by atoms with van der Waals surface area (Å²) in [6.07, 6.45) is 6.44. The molecule has 1 aromatic carbocycles. The fraction of sp³-hybridized carbons (Fsp3) is 0.632. The van der Waals surface area contributed by atoms with E-state index in [-0.39, 0.29) is 17.7 Å². The van der Waals surface area contributed by atoms with Crippen LogP contribution in [0.1, 0.15) is 68.8 Å². The molecule has 0 bridgehead atoms. The van der Waals surface area contributed by atoms with E-state index in [2.05, 4.69) is 20.8 Å². The monoisotopic (exact) mass is 353 g/mol. The largest absolute Gasteiger partial charge is 0.336 e. The summed E-state index contributed by atoms with van der Waals surface area (Å²) in [5.41, 5.74) is 1.25. The molecule has 136 valence electrons. The van der Waals surface area contributed by atoms with E-state index in [4.69, 9.17) is 0 Å². The summed E-state index contributed by atoms with van der Waals surface area (Å²) in [5.74, 6) is -0.0310. The molecule has 0 N–H and O–H groups in total. The van der Waals surface area contributed by atoms with Gasteiger partial charge in [-0.1, -0.05) is 45.2 Å². The average Bonchev–Trinajstić information content (AvgIpc) is 2.50. The summed E-state index contributed by atoms with van der Waals surface area (Å²) in [6.45, 7) is 7.12. The number of amides is 1. The van der Waals surface area contributed by atoms with Crippen LogP contribution >= 0.6 is 0 Å². The van der Waals surface area contributed by atoms with Crippen LogP contribution in [0.2, 0.25) is 0 Å². The molecule has 1 atom stereocenters. The van der Waals surface area contributed by atoms with Crippen molar-refractivity contribution in [2.24, 2.45) is 0 Å². The van der Waals surface area contributed by atoms with Crippen LogP contribution in [-0.2, 0) is 15.6 Å². The topological polar surface area (TPSA) is 54.5 Å². The van der Waals surface area contributed by atoms with Crippen LogP contribution in [0.5, 0.6) is 0 Å². The van der Waals surface area contributed by atoms with Crippen LogP contribution in [0.25, 0.3) is 0 Å². The lowest BCUT2D eigenvalue weighted by Gasteiger charge is -2.29. The van der Waals surface area contributed by atoms with Gasteiger partial charge in [0, 0.05) is 24.4 Å². The fourth-order valence-electron chi connectivity index (χ4n) is 2.89. The maximum Gasteiger partial charge on any atom is 0.254 e. The predicted molar refractivity (Wildman–Crippen MR) is 99.9 cm³/mol. The molecule has 0 fully saturated rings. The normalized spacial score (nSPS) is 12.8. The highest BCUT2D eigenvalue weighted by atomic mass is 32.2. The van der Waals surface area contributed by atoms with Crippen LogP contribution in [0.4, 0.5) is 0 Å². The van der Waals surface area contributed by atoms with E-state index in [1.165, 1.54) is 6.26 Å². The Bertz CT molecular complexity index is 625. The summed E-state index contributed by atoms with van der Waals surface area (Å²) >= 11 is 0. The molecule has 4 nitrogen and oxygen atoms in total. The lowest BCUT2D eigenvalue weighted by molar-refractivity contribution is 0.0679. The molecule has 0 heterocycles. The lowest BCUT2D eigenvalue weighted by atomic mass is 10.1. The summed E-state index contributed by atoms with van der Waals surface area (Å²) in [5, 5.41) is 0. The minimum absolute atomic E-state index is 0.00223. The van der Waals surface area contributed by atoms with Crippen molar-refractivity contribution >= 4 is 15.7 Å². The van der Waals surface area contributed by atoms with Crippen molar-refractivity contribution in [1.82, 2.24) is 4.90 Å². The molecule has 0 aliphatic heterocycles. The van der Waals surface area contributed by atoms with Crippen molar-refractivity contribution in [2.45, 2.75) is 64.7 Å². The molecular formula is C19H31NO3S. The zero-order chi connectivity index (χ0) is 18.2. The van der Waals surface area contributed by atoms with Crippen LogP contribution < -0.4 is 0 Å². The zero-order valence-corrected chi connectivity index (χ0v) is 16.2. The van der Waals surface area contributed by atoms with Gasteiger partial charge in [0.25, 0.3) is 5.91 Å². The Morgan fingerprint density at radius 2 is 1.88 bits per heavy atom. The molecule has 5 heteroatoms. The fourth-order valence-corrected chi connectivity index (χ4v) is 3.68. The molecule has 0 radical (unpaired) electrons. The van der Waals surface area contributed by atoms with E-state index in [9.17, 15) is 13.2 Å². The number of benzene rings is 1. The number of hydrogen-bond acceptors (Lipinski definition) is 3. The van der Waals surface area contributed by atoms with Crippen molar-refractivity contribution in [3.05, 3.63) is 35.4 Å². The second-order valence-electron chi connectivity index (χ2n) is 6.61. The van der Waals surface area contributed by atoms with Crippen molar-refractivity contribution < 1.29 is 13.2 Å². The summed E-state index contributed by atoms with van der Waals surface area (Å²) in [6, 6.07) is 7.21. The van der Waals surface area contributed by atoms with Crippen molar-refractivity contribution in [3.8, 4) is 0 Å². The zero-order valence-electron chi connectivity index (χ0n) is 15.4. The van der Waals surface area contributed by atoms with E-state index in [0.29, 0.717) is 11.1 Å². The summed E-state index contributed by atoms with van der Waals surface area (Å²) in [4.78, 5) is 14.9. The molecule has 0 spiro atoms. The first-order valence-corrected chi connectivity index (χ1v) is 10.9. The number of carbonyl (C=O) groups is 1. The van der Waals surface area contributed by atoms with Crippen molar-refractivity contribution in [3.63, 3.8) is 0 Å². The van der Waals surface area contributed by atoms with E-state index in [0.717, 1.165) is 38.6 Å². The van der Waals surface area contributed by atoms with Crippen molar-refractivity contribution in [2.75, 3.05) is 12.8 Å². The molecule has 1 aromatic rings. The number of hydrogen-bond donors (Lipinski definition) is 0. The van der Waals surface area contributed by atoms with Gasteiger partial charge in [0.05, 0.1) is 5.75 Å². The van der Waals surface area contributed by atoms with Crippen LogP contribution in [0.3, 0.4) is 0 Å². The summed E-state index contributed by atoms with van der Waals surface area (Å²) in [7, 11) is -3.11. The SMILES string of the molecule is CCCCCN(C(=O)c1cccc(CS(C)(=O)=O)c1)C(C)CCC. The average molecular weight is 354 g/mol. The molecule has 0 saturated carbocycles. The number of nitrogens with zero attached hydrogens (tertiary/aromatic N) is 1. The van der Waals surface area contributed by atoms with E-state index < -0.39 is 9.84 Å². The third-order valence-electron chi connectivity index (χ3n) is 4.10. The van der Waals surface area contributed by atoms with Gasteiger partial charge in [0.2, 0.25) is 0 Å². The van der Waals surface area contributed by atoms with Gasteiger partial charge >= 0.3 is 0 Å². The Balaban J connectivity index is 2.97. The third-order valence-corrected chi connectivity index (χ3v) is 4.96. The number of sulfone groups is 1. The molecule has 0 saturated heterocycles. The minimum atomic E-state index is -3.11. The Morgan fingerprint density at radius 1 is 1.17 bits per heavy atom. The van der Waals surface area contributed by atoms with E-state index >= 15 is 0 Å². The molecule has 1 rings (SSSR count). The standard InChI is InChI=1S/C19H31NO3S/c1-5-7-8-13-20(16(3)10-6-2)19(21)18-12-9-11-17(14-18)15-24(4,22)23/h9,11-12,14,16H,5-8,10,13,15H2,1-4H3. The third kappa shape index (κ3) is 7.04. The molecule has 0 aliphatic rings. The van der Waals surface area contributed by atoms with Gasteiger partial charge in [-0.3, -0.25) is 4.79 Å². The molecule has 1 amide bonds. The maximum atomic E-state index is 12.9. The first-order chi connectivity index (χ1) is 11.3. The second-order valence-corrected chi connectivity index (χ2v) is 8.75. The highest BCUT2D eigenvalue weighted by Crippen LogP contribution is 2.16. The van der Waals surface area contributed by atoms with Gasteiger partial charge in [0.1, 0.15) is 0 Å². The molecule has 0 aromatic heterocycles. The van der Waals surface area contributed by atoms with Gasteiger partial charge in [-0.15, -0.1) is 0 Å². The van der Waals surface area contributed by atoms with Gasteiger partial charge < -0.3 is 4.90 Å². The van der Waals surface area contributed by atoms with Gasteiger partial charge in [-0.2, -0.15) is 0 Å². The molecular weight excluding hydrogens is 322 g/mol. The number of rotatable bonds is 10. The minimum Gasteiger partial charge on any atom is -0.336 e. The van der Waals surface area contributed by atoms with Crippen LogP contribution in [0.15, 0.2) is 24.3 Å². The van der Waals surface area contributed by atoms with E-state index in [1.54, 1.807) is 24.3 Å². The van der Waals surface area contributed by atoms with Gasteiger partial charge in [0.15, 0.2) is 9.84 Å². The second kappa shape index (κ2) is 9.82. The molecule has 0 aliphatic carbocycles. The van der Waals surface area contributed by atoms with Crippen molar-refractivity contribution in [1.29, 1.82) is 0 Å².